The Balaban J connectivity index is 2.59. The maximum absolute atomic E-state index is 13.3. The highest BCUT2D eigenvalue weighted by molar-refractivity contribution is 5.89. The summed E-state index contributed by atoms with van der Waals surface area (Å²) in [5.41, 5.74) is 1.46. The van der Waals surface area contributed by atoms with E-state index in [1.54, 1.807) is 37.5 Å². The lowest BCUT2D eigenvalue weighted by molar-refractivity contribution is 0.0516. The van der Waals surface area contributed by atoms with E-state index in [1.165, 1.54) is 12.1 Å². The summed E-state index contributed by atoms with van der Waals surface area (Å²) in [5.74, 6) is -0.200. The van der Waals surface area contributed by atoms with Gasteiger partial charge in [0.05, 0.1) is 18.0 Å². The maximum Gasteiger partial charge on any atom is 0.357 e. The SMILES string of the molecule is CCOC(=O)c1c(C)nc(C)n1-c1cccc(F)c1. The molecule has 1 aromatic carbocycles. The zero-order chi connectivity index (χ0) is 14.0. The predicted octanol–water partition coefficient (Wildman–Crippen LogP) is 2.80. The number of benzene rings is 1. The van der Waals surface area contributed by atoms with Gasteiger partial charge in [-0.05, 0) is 39.0 Å². The lowest BCUT2D eigenvalue weighted by Gasteiger charge is -2.10. The van der Waals surface area contributed by atoms with Gasteiger partial charge in [-0.25, -0.2) is 14.2 Å². The van der Waals surface area contributed by atoms with Crippen molar-refractivity contribution in [1.82, 2.24) is 9.55 Å². The van der Waals surface area contributed by atoms with Crippen LogP contribution in [0, 0.1) is 19.7 Å². The minimum Gasteiger partial charge on any atom is -0.461 e. The average molecular weight is 262 g/mol. The van der Waals surface area contributed by atoms with E-state index in [4.69, 9.17) is 4.74 Å². The van der Waals surface area contributed by atoms with Gasteiger partial charge in [0.2, 0.25) is 0 Å². The summed E-state index contributed by atoms with van der Waals surface area (Å²) < 4.78 is 20.0. The molecule has 0 unspecified atom stereocenters. The zero-order valence-electron chi connectivity index (χ0n) is 11.1. The highest BCUT2D eigenvalue weighted by Crippen LogP contribution is 2.19. The van der Waals surface area contributed by atoms with Crippen LogP contribution in [0.5, 0.6) is 0 Å². The molecule has 100 valence electrons. The molecule has 5 heteroatoms. The molecule has 0 bridgehead atoms. The van der Waals surface area contributed by atoms with E-state index < -0.39 is 5.97 Å². The minimum atomic E-state index is -0.454. The third kappa shape index (κ3) is 2.50. The minimum absolute atomic E-state index is 0.283. The van der Waals surface area contributed by atoms with Crippen molar-refractivity contribution in [3.63, 3.8) is 0 Å². The van der Waals surface area contributed by atoms with Gasteiger partial charge >= 0.3 is 5.97 Å². The molecule has 0 saturated heterocycles. The van der Waals surface area contributed by atoms with Crippen LogP contribution in [-0.2, 0) is 4.74 Å². The number of aryl methyl sites for hydroxylation is 2. The summed E-state index contributed by atoms with van der Waals surface area (Å²) in [7, 11) is 0. The smallest absolute Gasteiger partial charge is 0.357 e. The molecule has 0 saturated carbocycles. The zero-order valence-corrected chi connectivity index (χ0v) is 11.1. The molecule has 4 nitrogen and oxygen atoms in total. The molecule has 1 aromatic heterocycles. The number of rotatable bonds is 3. The first-order valence-electron chi connectivity index (χ1n) is 6.03. The number of imidazole rings is 1. The molecule has 2 rings (SSSR count). The van der Waals surface area contributed by atoms with Crippen molar-refractivity contribution in [1.29, 1.82) is 0 Å². The molecular weight excluding hydrogens is 247 g/mol. The second kappa shape index (κ2) is 5.22. The van der Waals surface area contributed by atoms with Crippen LogP contribution in [0.25, 0.3) is 5.69 Å². The molecule has 0 aliphatic heterocycles. The van der Waals surface area contributed by atoms with Gasteiger partial charge in [0.25, 0.3) is 0 Å². The van der Waals surface area contributed by atoms with Gasteiger partial charge in [0, 0.05) is 0 Å². The fourth-order valence-corrected chi connectivity index (χ4v) is 2.04. The van der Waals surface area contributed by atoms with Gasteiger partial charge < -0.3 is 4.74 Å². The lowest BCUT2D eigenvalue weighted by atomic mass is 10.2. The Labute approximate surface area is 110 Å². The van der Waals surface area contributed by atoms with Crippen molar-refractivity contribution in [2.45, 2.75) is 20.8 Å². The van der Waals surface area contributed by atoms with Crippen molar-refractivity contribution in [3.05, 3.63) is 47.3 Å². The number of halogens is 1. The molecule has 0 atom stereocenters. The molecule has 0 aliphatic carbocycles. The number of hydrogen-bond donors (Lipinski definition) is 0. The molecule has 0 aliphatic rings. The summed E-state index contributed by atoms with van der Waals surface area (Å²) >= 11 is 0. The Morgan fingerprint density at radius 3 is 2.79 bits per heavy atom. The number of ether oxygens (including phenoxy) is 1. The number of hydrogen-bond acceptors (Lipinski definition) is 3. The quantitative estimate of drug-likeness (QED) is 0.799. The van der Waals surface area contributed by atoms with Gasteiger partial charge in [0.1, 0.15) is 11.6 Å². The topological polar surface area (TPSA) is 44.1 Å². The molecule has 0 spiro atoms. The Morgan fingerprint density at radius 1 is 1.42 bits per heavy atom. The van der Waals surface area contributed by atoms with Gasteiger partial charge in [-0.3, -0.25) is 4.57 Å². The Bertz CT molecular complexity index is 620. The Kier molecular flexibility index (Phi) is 3.64. The summed E-state index contributed by atoms with van der Waals surface area (Å²) in [6, 6.07) is 6.03. The van der Waals surface area contributed by atoms with E-state index in [9.17, 15) is 9.18 Å². The Morgan fingerprint density at radius 2 is 2.16 bits per heavy atom. The highest BCUT2D eigenvalue weighted by Gasteiger charge is 2.21. The average Bonchev–Trinajstić information content (AvgIpc) is 2.64. The van der Waals surface area contributed by atoms with E-state index in [2.05, 4.69) is 4.98 Å². The first-order chi connectivity index (χ1) is 9.04. The number of esters is 1. The standard InChI is InChI=1S/C14H15FN2O2/c1-4-19-14(18)13-9(2)16-10(3)17(13)12-7-5-6-11(15)8-12/h5-8H,4H2,1-3H3. The van der Waals surface area contributed by atoms with Crippen molar-refractivity contribution >= 4 is 5.97 Å². The summed E-state index contributed by atoms with van der Waals surface area (Å²) in [5, 5.41) is 0. The second-order valence-electron chi connectivity index (χ2n) is 4.13. The molecule has 2 aromatic rings. The highest BCUT2D eigenvalue weighted by atomic mass is 19.1. The molecule has 0 fully saturated rings. The van der Waals surface area contributed by atoms with E-state index >= 15 is 0 Å². The summed E-state index contributed by atoms with van der Waals surface area (Å²) in [6.45, 7) is 5.52. The van der Waals surface area contributed by atoms with E-state index in [0.717, 1.165) is 0 Å². The summed E-state index contributed by atoms with van der Waals surface area (Å²) in [6.07, 6.45) is 0. The normalized spacial score (nSPS) is 10.5. The van der Waals surface area contributed by atoms with E-state index in [1.807, 2.05) is 0 Å². The van der Waals surface area contributed by atoms with Gasteiger partial charge in [-0.1, -0.05) is 6.07 Å². The fraction of sp³-hybridized carbons (Fsp3) is 0.286. The third-order valence-corrected chi connectivity index (χ3v) is 2.75. The molecule has 0 N–H and O–H groups in total. The van der Waals surface area contributed by atoms with Crippen molar-refractivity contribution < 1.29 is 13.9 Å². The van der Waals surface area contributed by atoms with Crippen LogP contribution in [-0.4, -0.2) is 22.1 Å². The van der Waals surface area contributed by atoms with Crippen molar-refractivity contribution in [3.8, 4) is 5.69 Å². The van der Waals surface area contributed by atoms with E-state index in [0.29, 0.717) is 22.9 Å². The van der Waals surface area contributed by atoms with Gasteiger partial charge in [-0.15, -0.1) is 0 Å². The molecule has 19 heavy (non-hydrogen) atoms. The third-order valence-electron chi connectivity index (χ3n) is 2.75. The number of nitrogens with zero attached hydrogens (tertiary/aromatic N) is 2. The van der Waals surface area contributed by atoms with Crippen molar-refractivity contribution in [2.75, 3.05) is 6.61 Å². The molecular formula is C14H15FN2O2. The first kappa shape index (κ1) is 13.3. The summed E-state index contributed by atoms with van der Waals surface area (Å²) in [4.78, 5) is 16.2. The maximum atomic E-state index is 13.3. The second-order valence-corrected chi connectivity index (χ2v) is 4.13. The first-order valence-corrected chi connectivity index (χ1v) is 6.03. The molecule has 0 amide bonds. The molecule has 1 heterocycles. The van der Waals surface area contributed by atoms with Crippen LogP contribution in [0.4, 0.5) is 4.39 Å². The number of aromatic nitrogens is 2. The van der Waals surface area contributed by atoms with Crippen LogP contribution < -0.4 is 0 Å². The van der Waals surface area contributed by atoms with Crippen molar-refractivity contribution in [2.24, 2.45) is 0 Å². The largest absolute Gasteiger partial charge is 0.461 e. The van der Waals surface area contributed by atoms with Crippen LogP contribution in [0.2, 0.25) is 0 Å². The lowest BCUT2D eigenvalue weighted by Crippen LogP contribution is -2.13. The van der Waals surface area contributed by atoms with Gasteiger partial charge in [-0.2, -0.15) is 0 Å². The number of carbonyl (C=O) groups excluding carboxylic acids is 1. The molecule has 0 radical (unpaired) electrons. The van der Waals surface area contributed by atoms with Crippen LogP contribution >= 0.6 is 0 Å². The predicted molar refractivity (Wildman–Crippen MR) is 69.0 cm³/mol. The van der Waals surface area contributed by atoms with Crippen LogP contribution in [0.15, 0.2) is 24.3 Å². The fourth-order valence-electron chi connectivity index (χ4n) is 2.04. The number of carbonyl (C=O) groups is 1. The van der Waals surface area contributed by atoms with Crippen LogP contribution in [0.1, 0.15) is 28.9 Å². The van der Waals surface area contributed by atoms with Gasteiger partial charge in [0.15, 0.2) is 5.69 Å². The monoisotopic (exact) mass is 262 g/mol. The van der Waals surface area contributed by atoms with E-state index in [-0.39, 0.29) is 12.4 Å². The van der Waals surface area contributed by atoms with Crippen LogP contribution in [0.3, 0.4) is 0 Å². The Hall–Kier alpha value is -2.17.